The summed E-state index contributed by atoms with van der Waals surface area (Å²) in [6, 6.07) is 0. The molecule has 5 rings (SSSR count). The summed E-state index contributed by atoms with van der Waals surface area (Å²) >= 11 is 0. The number of carbonyl (C=O) groups excluding carboxylic acids is 2. The molecule has 0 heterocycles. The molecule has 3 fully saturated rings. The van der Waals surface area contributed by atoms with Crippen molar-refractivity contribution in [2.75, 3.05) is 0 Å². The molecule has 0 radical (unpaired) electrons. The Balaban J connectivity index is 1.61. The van der Waals surface area contributed by atoms with Crippen LogP contribution in [0.4, 0.5) is 0 Å². The smallest absolute Gasteiger partial charge is 0.302 e. The standard InChI is InChI=1S/C32H48O3/c1-19-10-14-29(6)15-11-23-31(8)16-12-22-28(4,5)26(35-21(3)33)13-17-30(22,7)24(31)18-25(34)32(23,9)27(29)20(19)2/h11,18-20,22,26-27H,10,12-17H2,1-9H3. The molecule has 5 aliphatic rings. The molecule has 3 saturated carbocycles. The number of rotatable bonds is 1. The molecule has 0 aromatic rings. The second-order valence-electron chi connectivity index (χ2n) is 14.8. The highest BCUT2D eigenvalue weighted by Gasteiger charge is 2.67. The minimum Gasteiger partial charge on any atom is -0.462 e. The summed E-state index contributed by atoms with van der Waals surface area (Å²) in [7, 11) is 0. The number of hydrogen-bond donors (Lipinski definition) is 0. The van der Waals surface area contributed by atoms with E-state index < -0.39 is 5.41 Å². The summed E-state index contributed by atoms with van der Waals surface area (Å²) < 4.78 is 5.84. The molecular formula is C32H48O3. The molecule has 9 unspecified atom stereocenters. The predicted octanol–water partition coefficient (Wildman–Crippen LogP) is 7.69. The highest BCUT2D eigenvalue weighted by molar-refractivity contribution is 6.00. The number of carbonyl (C=O) groups is 2. The molecule has 5 aliphatic carbocycles. The summed E-state index contributed by atoms with van der Waals surface area (Å²) in [4.78, 5) is 26.3. The van der Waals surface area contributed by atoms with Crippen molar-refractivity contribution >= 4 is 11.8 Å². The molecule has 9 atom stereocenters. The average Bonchev–Trinajstić information content (AvgIpc) is 2.75. The summed E-state index contributed by atoms with van der Waals surface area (Å²) in [5.74, 6) is 2.20. The maximum Gasteiger partial charge on any atom is 0.302 e. The maximum atomic E-state index is 14.4. The minimum atomic E-state index is -0.396. The lowest BCUT2D eigenvalue weighted by Gasteiger charge is -2.67. The van der Waals surface area contributed by atoms with Crippen molar-refractivity contribution in [1.29, 1.82) is 0 Å². The van der Waals surface area contributed by atoms with Gasteiger partial charge in [-0.05, 0) is 92.4 Å². The summed E-state index contributed by atoms with van der Waals surface area (Å²) in [5.41, 5.74) is 2.42. The van der Waals surface area contributed by atoms with Gasteiger partial charge in [0.05, 0.1) is 5.41 Å². The summed E-state index contributed by atoms with van der Waals surface area (Å²) in [6.45, 7) is 20.6. The number of fused-ring (bicyclic) bond motifs is 7. The van der Waals surface area contributed by atoms with Gasteiger partial charge in [0.2, 0.25) is 0 Å². The molecule has 3 nitrogen and oxygen atoms in total. The van der Waals surface area contributed by atoms with Crippen LogP contribution in [0.5, 0.6) is 0 Å². The fourth-order valence-electron chi connectivity index (χ4n) is 10.7. The molecule has 0 spiro atoms. The molecule has 0 amide bonds. The minimum absolute atomic E-state index is 0.0444. The molecule has 0 aromatic carbocycles. The van der Waals surface area contributed by atoms with E-state index >= 15 is 0 Å². The summed E-state index contributed by atoms with van der Waals surface area (Å²) in [5, 5.41) is 0. The molecule has 0 N–H and O–H groups in total. The van der Waals surface area contributed by atoms with Crippen molar-refractivity contribution in [3.8, 4) is 0 Å². The van der Waals surface area contributed by atoms with E-state index in [1.165, 1.54) is 30.9 Å². The Labute approximate surface area is 213 Å². The molecule has 0 bridgehead atoms. The van der Waals surface area contributed by atoms with E-state index in [4.69, 9.17) is 4.74 Å². The van der Waals surface area contributed by atoms with Gasteiger partial charge in [0.1, 0.15) is 6.10 Å². The second-order valence-corrected chi connectivity index (χ2v) is 14.8. The third kappa shape index (κ3) is 3.14. The Morgan fingerprint density at radius 3 is 2.29 bits per heavy atom. The van der Waals surface area contributed by atoms with Crippen LogP contribution < -0.4 is 0 Å². The van der Waals surface area contributed by atoms with E-state index in [1.807, 2.05) is 0 Å². The molecule has 35 heavy (non-hydrogen) atoms. The first-order valence-electron chi connectivity index (χ1n) is 14.3. The van der Waals surface area contributed by atoms with Gasteiger partial charge in [0.25, 0.3) is 0 Å². The van der Waals surface area contributed by atoms with Gasteiger partial charge in [-0.25, -0.2) is 0 Å². The first-order chi connectivity index (χ1) is 16.1. The largest absolute Gasteiger partial charge is 0.462 e. The van der Waals surface area contributed by atoms with Crippen LogP contribution in [0.3, 0.4) is 0 Å². The lowest BCUT2D eigenvalue weighted by molar-refractivity contribution is -0.169. The SMILES string of the molecule is CC(=O)OC1CCC2(C)C3=CC(=O)C4(C)C(=CCC5(C)CCC(C)C(C)C54)C3(C)CCC2C1(C)C. The monoisotopic (exact) mass is 480 g/mol. The molecule has 3 heteroatoms. The Morgan fingerprint density at radius 1 is 0.943 bits per heavy atom. The topological polar surface area (TPSA) is 43.4 Å². The highest BCUT2D eigenvalue weighted by Crippen LogP contribution is 2.72. The van der Waals surface area contributed by atoms with Gasteiger partial charge in [-0.1, -0.05) is 65.7 Å². The van der Waals surface area contributed by atoms with Crippen LogP contribution in [-0.4, -0.2) is 17.9 Å². The lowest BCUT2D eigenvalue weighted by Crippen LogP contribution is -2.62. The van der Waals surface area contributed by atoms with Crippen molar-refractivity contribution in [1.82, 2.24) is 0 Å². The number of ketones is 1. The van der Waals surface area contributed by atoms with Crippen LogP contribution in [0.2, 0.25) is 0 Å². The van der Waals surface area contributed by atoms with Crippen molar-refractivity contribution < 1.29 is 14.3 Å². The Bertz CT molecular complexity index is 1020. The van der Waals surface area contributed by atoms with Crippen molar-refractivity contribution in [2.24, 2.45) is 50.7 Å². The maximum absolute atomic E-state index is 14.4. The predicted molar refractivity (Wildman–Crippen MR) is 141 cm³/mol. The van der Waals surface area contributed by atoms with Gasteiger partial charge in [-0.3, -0.25) is 9.59 Å². The number of hydrogen-bond acceptors (Lipinski definition) is 3. The van der Waals surface area contributed by atoms with Crippen LogP contribution >= 0.6 is 0 Å². The van der Waals surface area contributed by atoms with E-state index in [0.717, 1.165) is 32.1 Å². The van der Waals surface area contributed by atoms with Gasteiger partial charge in [-0.2, -0.15) is 0 Å². The highest BCUT2D eigenvalue weighted by atomic mass is 16.5. The van der Waals surface area contributed by atoms with E-state index in [-0.39, 0.29) is 33.7 Å². The first-order valence-corrected chi connectivity index (χ1v) is 14.3. The number of ether oxygens (including phenoxy) is 1. The fourth-order valence-corrected chi connectivity index (χ4v) is 10.7. The molecule has 194 valence electrons. The molecular weight excluding hydrogens is 432 g/mol. The van der Waals surface area contributed by atoms with Crippen LogP contribution in [-0.2, 0) is 14.3 Å². The number of allylic oxidation sites excluding steroid dienone is 4. The van der Waals surface area contributed by atoms with E-state index in [0.29, 0.717) is 29.5 Å². The Kier molecular flexibility index (Phi) is 5.47. The van der Waals surface area contributed by atoms with Crippen molar-refractivity contribution in [3.05, 3.63) is 23.3 Å². The quantitative estimate of drug-likeness (QED) is 0.285. The zero-order chi connectivity index (χ0) is 25.8. The van der Waals surface area contributed by atoms with E-state index in [9.17, 15) is 9.59 Å². The zero-order valence-corrected chi connectivity index (χ0v) is 23.7. The normalized spacial score (nSPS) is 50.5. The lowest BCUT2D eigenvalue weighted by atomic mass is 9.37. The first kappa shape index (κ1) is 25.3. The van der Waals surface area contributed by atoms with Crippen LogP contribution in [0.15, 0.2) is 23.3 Å². The molecule has 0 aromatic heterocycles. The van der Waals surface area contributed by atoms with Crippen LogP contribution in [0.25, 0.3) is 0 Å². The van der Waals surface area contributed by atoms with Gasteiger partial charge in [0.15, 0.2) is 5.78 Å². The van der Waals surface area contributed by atoms with E-state index in [1.54, 1.807) is 0 Å². The second kappa shape index (κ2) is 7.57. The number of esters is 1. The molecule has 0 aliphatic heterocycles. The van der Waals surface area contributed by atoms with Gasteiger partial charge >= 0.3 is 5.97 Å². The van der Waals surface area contributed by atoms with Crippen LogP contribution in [0.1, 0.15) is 107 Å². The Morgan fingerprint density at radius 2 is 1.63 bits per heavy atom. The third-order valence-corrected chi connectivity index (χ3v) is 12.6. The van der Waals surface area contributed by atoms with E-state index in [2.05, 4.69) is 67.5 Å². The third-order valence-electron chi connectivity index (χ3n) is 12.6. The van der Waals surface area contributed by atoms with Crippen molar-refractivity contribution in [3.63, 3.8) is 0 Å². The zero-order valence-electron chi connectivity index (χ0n) is 23.7. The van der Waals surface area contributed by atoms with Crippen molar-refractivity contribution in [2.45, 2.75) is 113 Å². The summed E-state index contributed by atoms with van der Waals surface area (Å²) in [6.07, 6.45) is 12.3. The Hall–Kier alpha value is -1.38. The van der Waals surface area contributed by atoms with Gasteiger partial charge < -0.3 is 4.74 Å². The average molecular weight is 481 g/mol. The molecule has 0 saturated heterocycles. The van der Waals surface area contributed by atoms with Crippen LogP contribution in [0, 0.1) is 50.7 Å². The van der Waals surface area contributed by atoms with Gasteiger partial charge in [-0.15, -0.1) is 0 Å². The van der Waals surface area contributed by atoms with Gasteiger partial charge in [0, 0.05) is 17.8 Å². The fraction of sp³-hybridized carbons (Fsp3) is 0.812.